The van der Waals surface area contributed by atoms with E-state index in [1.807, 2.05) is 0 Å². The Labute approximate surface area is 170 Å². The number of rotatable bonds is 19. The summed E-state index contributed by atoms with van der Waals surface area (Å²) in [5, 5.41) is 10.9. The third kappa shape index (κ3) is 18.4. The van der Waals surface area contributed by atoms with Crippen LogP contribution in [0.25, 0.3) is 0 Å². The fourth-order valence-electron chi connectivity index (χ4n) is 2.71. The van der Waals surface area contributed by atoms with Gasteiger partial charge in [-0.1, -0.05) is 0 Å². The number of carboxylic acid groups (broad SMARTS) is 1. The fraction of sp³-hybridized carbons (Fsp3) is 0.900. The molecule has 0 radical (unpaired) electrons. The predicted molar refractivity (Wildman–Crippen MR) is 102 cm³/mol. The van der Waals surface area contributed by atoms with Crippen LogP contribution in [0.15, 0.2) is 0 Å². The number of hydrogen-bond acceptors (Lipinski definition) is 3. The number of unbranched alkanes of at least 4 members (excludes halogenated alkanes) is 7. The molecule has 1 atom stereocenters. The Hall–Kier alpha value is -0.370. The number of carboxylic acids is 1. The Morgan fingerprint density at radius 3 is 2.19 bits per heavy atom. The number of alkyl halides is 2. The van der Waals surface area contributed by atoms with Crippen molar-refractivity contribution >= 4 is 11.9 Å². The van der Waals surface area contributed by atoms with Crippen LogP contribution in [0.2, 0.25) is 0 Å². The molecule has 0 heterocycles. The van der Waals surface area contributed by atoms with Crippen molar-refractivity contribution in [1.29, 1.82) is 0 Å². The van der Waals surface area contributed by atoms with E-state index >= 15 is 0 Å². The van der Waals surface area contributed by atoms with Crippen LogP contribution in [0.1, 0.15) is 90.9 Å². The average molecular weight is 484 g/mol. The van der Waals surface area contributed by atoms with E-state index in [9.17, 15) is 9.59 Å². The van der Waals surface area contributed by atoms with E-state index in [2.05, 4.69) is 19.2 Å². The molecule has 5 nitrogen and oxygen atoms in total. The van der Waals surface area contributed by atoms with Gasteiger partial charge in [-0.15, -0.1) is 0 Å². The summed E-state index contributed by atoms with van der Waals surface area (Å²) in [4.78, 5) is 21.7. The molecule has 1 unspecified atom stereocenters. The van der Waals surface area contributed by atoms with Gasteiger partial charge < -0.3 is 5.11 Å². The molecule has 1 amide bonds. The first-order chi connectivity index (χ1) is 12.6. The van der Waals surface area contributed by atoms with Crippen molar-refractivity contribution < 1.29 is 40.6 Å². The summed E-state index contributed by atoms with van der Waals surface area (Å²) in [6.07, 6.45) is 14.1. The fourth-order valence-corrected chi connectivity index (χ4v) is 4.87. The van der Waals surface area contributed by atoms with Gasteiger partial charge in [0.2, 0.25) is 0 Å². The number of amides is 1. The summed E-state index contributed by atoms with van der Waals surface area (Å²) in [6.45, 7) is 4.16. The third-order valence-corrected chi connectivity index (χ3v) is 6.63. The van der Waals surface area contributed by atoms with Crippen molar-refractivity contribution in [1.82, 2.24) is 5.32 Å². The zero-order valence-corrected chi connectivity index (χ0v) is 18.9. The molecular weight excluding hydrogens is 445 g/mol. The molecule has 0 rings (SSSR count). The normalized spacial score (nSPS) is 12.2. The quantitative estimate of drug-likeness (QED) is 0.165. The molecule has 26 heavy (non-hydrogen) atoms. The van der Waals surface area contributed by atoms with Gasteiger partial charge in [0.1, 0.15) is 6.54 Å². The van der Waals surface area contributed by atoms with E-state index in [0.717, 1.165) is 23.9 Å². The molecule has 0 aromatic heterocycles. The molecule has 0 fully saturated rings. The van der Waals surface area contributed by atoms with Crippen molar-refractivity contribution in [2.24, 2.45) is 0 Å². The zero-order chi connectivity index (χ0) is 19.5. The van der Waals surface area contributed by atoms with Crippen molar-refractivity contribution in [3.05, 3.63) is 0 Å². The van der Waals surface area contributed by atoms with E-state index in [1.54, 1.807) is 0 Å². The predicted octanol–water partition coefficient (Wildman–Crippen LogP) is 1.34. The minimum Gasteiger partial charge on any atom is -0.480 e. The number of hydrogen-bond donors (Lipinski definition) is 2. The molecular formula is C20H39INO4-. The monoisotopic (exact) mass is 484 g/mol. The molecule has 0 aromatic carbocycles. The van der Waals surface area contributed by atoms with Crippen molar-refractivity contribution in [3.63, 3.8) is 0 Å². The van der Waals surface area contributed by atoms with Gasteiger partial charge in [-0.2, -0.15) is 0 Å². The second kappa shape index (κ2) is 19.4. The standard InChI is InChI=1S/C20H39INO4/c1-3-13-18(4-2)26-17-21-15-12-10-8-6-5-7-9-11-14-19(23)22-16-20(24)25/h18H,3-17H2,1-2H3,(H,22,23)(H,24,25)/q-1. The Morgan fingerprint density at radius 1 is 1.00 bits per heavy atom. The first-order valence-electron chi connectivity index (χ1n) is 10.2. The van der Waals surface area contributed by atoms with Gasteiger partial charge in [0.15, 0.2) is 0 Å². The number of halogens is 1. The number of aliphatic carboxylic acids is 1. The Kier molecular flexibility index (Phi) is 19.1. The molecule has 0 aromatic rings. The van der Waals surface area contributed by atoms with Crippen LogP contribution in [0.5, 0.6) is 0 Å². The van der Waals surface area contributed by atoms with Gasteiger partial charge >= 0.3 is 154 Å². The van der Waals surface area contributed by atoms with Gasteiger partial charge in [0, 0.05) is 0 Å². The van der Waals surface area contributed by atoms with Crippen molar-refractivity contribution in [2.45, 2.75) is 97.0 Å². The molecule has 2 N–H and O–H groups in total. The van der Waals surface area contributed by atoms with E-state index in [1.165, 1.54) is 55.8 Å². The van der Waals surface area contributed by atoms with E-state index < -0.39 is 5.97 Å². The minimum atomic E-state index is -0.991. The van der Waals surface area contributed by atoms with E-state index in [0.29, 0.717) is 12.5 Å². The molecule has 0 spiro atoms. The molecule has 0 aliphatic heterocycles. The first kappa shape index (κ1) is 25.6. The first-order valence-corrected chi connectivity index (χ1v) is 13.3. The smallest absolute Gasteiger partial charge is 0.480 e. The molecule has 0 bridgehead atoms. The van der Waals surface area contributed by atoms with Crippen LogP contribution in [-0.2, 0) is 14.3 Å². The van der Waals surface area contributed by atoms with Crippen molar-refractivity contribution in [2.75, 3.05) is 15.6 Å². The molecule has 0 aliphatic rings. The Bertz CT molecular complexity index is 353. The second-order valence-electron chi connectivity index (χ2n) is 6.72. The summed E-state index contributed by atoms with van der Waals surface area (Å²) in [5.41, 5.74) is 0. The van der Waals surface area contributed by atoms with Gasteiger partial charge in [-0.3, -0.25) is 4.79 Å². The van der Waals surface area contributed by atoms with Gasteiger partial charge in [0.25, 0.3) is 0 Å². The summed E-state index contributed by atoms with van der Waals surface area (Å²) in [5.74, 6) is -1.14. The van der Waals surface area contributed by atoms with Crippen LogP contribution in [-0.4, -0.2) is 38.7 Å². The van der Waals surface area contributed by atoms with E-state index in [4.69, 9.17) is 9.84 Å². The number of carbonyl (C=O) groups excluding carboxylic acids is 1. The molecule has 6 heteroatoms. The van der Waals surface area contributed by atoms with Crippen LogP contribution in [0, 0.1) is 0 Å². The maximum absolute atomic E-state index is 11.3. The zero-order valence-electron chi connectivity index (χ0n) is 16.7. The summed E-state index contributed by atoms with van der Waals surface area (Å²) < 4.78 is 8.36. The average Bonchev–Trinajstić information content (AvgIpc) is 2.62. The second-order valence-corrected chi connectivity index (χ2v) is 9.50. The molecule has 0 saturated heterocycles. The van der Waals surface area contributed by atoms with Gasteiger partial charge in [0.05, 0.1) is 0 Å². The third-order valence-electron chi connectivity index (χ3n) is 4.30. The molecule has 156 valence electrons. The molecule has 0 saturated carbocycles. The van der Waals surface area contributed by atoms with Gasteiger partial charge in [-0.25, -0.2) is 0 Å². The van der Waals surface area contributed by atoms with Crippen LogP contribution >= 0.6 is 0 Å². The van der Waals surface area contributed by atoms with Crippen molar-refractivity contribution in [3.8, 4) is 0 Å². The van der Waals surface area contributed by atoms with E-state index in [-0.39, 0.29) is 33.7 Å². The minimum absolute atomic E-state index is 0.153. The topological polar surface area (TPSA) is 75.6 Å². The number of nitrogens with one attached hydrogen (secondary N) is 1. The van der Waals surface area contributed by atoms with Crippen LogP contribution < -0.4 is 26.5 Å². The Morgan fingerprint density at radius 2 is 1.62 bits per heavy atom. The Balaban J connectivity index is 3.22. The number of ether oxygens (including phenoxy) is 1. The summed E-state index contributed by atoms with van der Waals surface area (Å²) in [7, 11) is 0. The number of carbonyl (C=O) groups is 2. The van der Waals surface area contributed by atoms with Crippen LogP contribution in [0.3, 0.4) is 0 Å². The molecule has 0 aliphatic carbocycles. The SMILES string of the molecule is CCCC(CC)OC[I-]CCCCCCCCCCC(=O)NCC(=O)O. The maximum atomic E-state index is 11.3. The summed E-state index contributed by atoms with van der Waals surface area (Å²) in [6, 6.07) is 0. The van der Waals surface area contributed by atoms with Gasteiger partial charge in [-0.05, 0) is 0 Å². The summed E-state index contributed by atoms with van der Waals surface area (Å²) >= 11 is 0.228. The van der Waals surface area contributed by atoms with Crippen LogP contribution in [0.4, 0.5) is 0 Å².